The number of rotatable bonds is 6. The Hall–Kier alpha value is -0.570. The maximum Gasteiger partial charge on any atom is 0.222 e. The van der Waals surface area contributed by atoms with Gasteiger partial charge in [-0.15, -0.1) is 0 Å². The average Bonchev–Trinajstić information content (AvgIpc) is 2.90. The van der Waals surface area contributed by atoms with Crippen molar-refractivity contribution >= 4 is 5.91 Å². The van der Waals surface area contributed by atoms with E-state index in [1.807, 2.05) is 0 Å². The fourth-order valence-corrected chi connectivity index (χ4v) is 3.49. The van der Waals surface area contributed by atoms with Gasteiger partial charge in [0, 0.05) is 25.6 Å². The molecule has 1 N–H and O–H groups in total. The molecule has 0 radical (unpaired) electrons. The van der Waals surface area contributed by atoms with Gasteiger partial charge in [0.05, 0.1) is 0 Å². The van der Waals surface area contributed by atoms with Crippen LogP contribution in [0.15, 0.2) is 0 Å². The van der Waals surface area contributed by atoms with Crippen LogP contribution in [0.25, 0.3) is 0 Å². The Morgan fingerprint density at radius 1 is 1.39 bits per heavy atom. The van der Waals surface area contributed by atoms with Gasteiger partial charge in [0.2, 0.25) is 5.91 Å². The first-order valence-corrected chi connectivity index (χ1v) is 7.72. The van der Waals surface area contributed by atoms with Gasteiger partial charge in [0.25, 0.3) is 0 Å². The quantitative estimate of drug-likeness (QED) is 0.787. The molecule has 1 aliphatic heterocycles. The number of carbonyl (C=O) groups is 1. The molecule has 2 aliphatic rings. The van der Waals surface area contributed by atoms with Crippen LogP contribution >= 0.6 is 0 Å². The van der Waals surface area contributed by atoms with Gasteiger partial charge in [0.15, 0.2) is 0 Å². The molecule has 1 saturated heterocycles. The predicted molar refractivity (Wildman–Crippen MR) is 74.4 cm³/mol. The van der Waals surface area contributed by atoms with Crippen molar-refractivity contribution in [1.29, 1.82) is 0 Å². The summed E-state index contributed by atoms with van der Waals surface area (Å²) in [5, 5.41) is 3.67. The molecule has 1 amide bonds. The highest BCUT2D eigenvalue weighted by molar-refractivity contribution is 5.78. The van der Waals surface area contributed by atoms with Crippen molar-refractivity contribution in [1.82, 2.24) is 10.2 Å². The van der Waals surface area contributed by atoms with Gasteiger partial charge >= 0.3 is 0 Å². The molecule has 2 rings (SSSR count). The minimum absolute atomic E-state index is 0.374. The lowest BCUT2D eigenvalue weighted by molar-refractivity contribution is -0.127. The van der Waals surface area contributed by atoms with Crippen molar-refractivity contribution in [2.75, 3.05) is 19.6 Å². The first-order valence-electron chi connectivity index (χ1n) is 7.72. The zero-order chi connectivity index (χ0) is 13.0. The van der Waals surface area contributed by atoms with Gasteiger partial charge in [-0.05, 0) is 44.1 Å². The first kappa shape index (κ1) is 13.9. The van der Waals surface area contributed by atoms with E-state index in [4.69, 9.17) is 0 Å². The van der Waals surface area contributed by atoms with E-state index in [-0.39, 0.29) is 0 Å². The summed E-state index contributed by atoms with van der Waals surface area (Å²) in [5.41, 5.74) is 0. The Morgan fingerprint density at radius 2 is 2.22 bits per heavy atom. The monoisotopic (exact) mass is 252 g/mol. The lowest BCUT2D eigenvalue weighted by atomic mass is 9.99. The molecule has 1 heterocycles. The molecular weight excluding hydrogens is 224 g/mol. The molecule has 3 nitrogen and oxygen atoms in total. The lowest BCUT2D eigenvalue weighted by Crippen LogP contribution is -2.35. The van der Waals surface area contributed by atoms with Crippen molar-refractivity contribution in [3.05, 3.63) is 0 Å². The van der Waals surface area contributed by atoms with Gasteiger partial charge in [-0.1, -0.05) is 20.3 Å². The van der Waals surface area contributed by atoms with Crippen LogP contribution in [0.2, 0.25) is 0 Å². The highest BCUT2D eigenvalue weighted by Crippen LogP contribution is 2.29. The highest BCUT2D eigenvalue weighted by Gasteiger charge is 2.30. The third kappa shape index (κ3) is 3.47. The summed E-state index contributed by atoms with van der Waals surface area (Å²) in [6.45, 7) is 7.51. The molecule has 18 heavy (non-hydrogen) atoms. The van der Waals surface area contributed by atoms with Gasteiger partial charge in [-0.2, -0.15) is 0 Å². The Morgan fingerprint density at radius 3 is 2.89 bits per heavy atom. The number of nitrogens with one attached hydrogen (secondary N) is 1. The second-order valence-electron chi connectivity index (χ2n) is 6.19. The fraction of sp³-hybridized carbons (Fsp3) is 0.933. The second kappa shape index (κ2) is 6.55. The van der Waals surface area contributed by atoms with Gasteiger partial charge in [-0.3, -0.25) is 4.79 Å². The average molecular weight is 252 g/mol. The molecule has 1 saturated carbocycles. The Kier molecular flexibility index (Phi) is 5.04. The van der Waals surface area contributed by atoms with Crippen LogP contribution in [-0.4, -0.2) is 36.5 Å². The van der Waals surface area contributed by atoms with Crippen molar-refractivity contribution in [2.24, 2.45) is 11.8 Å². The van der Waals surface area contributed by atoms with Crippen molar-refractivity contribution in [3.63, 3.8) is 0 Å². The number of likely N-dealkylation sites (tertiary alicyclic amines) is 1. The van der Waals surface area contributed by atoms with Crippen molar-refractivity contribution < 1.29 is 4.79 Å². The molecule has 3 heteroatoms. The van der Waals surface area contributed by atoms with E-state index in [9.17, 15) is 4.79 Å². The van der Waals surface area contributed by atoms with E-state index in [0.717, 1.165) is 32.0 Å². The van der Waals surface area contributed by atoms with E-state index in [1.54, 1.807) is 0 Å². The van der Waals surface area contributed by atoms with Crippen LogP contribution < -0.4 is 5.32 Å². The summed E-state index contributed by atoms with van der Waals surface area (Å²) < 4.78 is 0. The molecule has 3 unspecified atom stereocenters. The maximum atomic E-state index is 11.8. The minimum atomic E-state index is 0.374. The summed E-state index contributed by atoms with van der Waals surface area (Å²) in [5.74, 6) is 1.73. The van der Waals surface area contributed by atoms with E-state index in [2.05, 4.69) is 24.1 Å². The first-order chi connectivity index (χ1) is 8.70. The molecule has 0 bridgehead atoms. The topological polar surface area (TPSA) is 32.3 Å². The molecule has 104 valence electrons. The summed E-state index contributed by atoms with van der Waals surface area (Å²) in [6, 6.07) is 0.708. The van der Waals surface area contributed by atoms with E-state index < -0.39 is 0 Å². The zero-order valence-corrected chi connectivity index (χ0v) is 12.0. The molecule has 0 aromatic rings. The number of amides is 1. The molecule has 0 spiro atoms. The van der Waals surface area contributed by atoms with Crippen LogP contribution in [0, 0.1) is 11.8 Å². The van der Waals surface area contributed by atoms with Crippen molar-refractivity contribution in [3.8, 4) is 0 Å². The Balaban J connectivity index is 1.73. The standard InChI is InChI=1S/C15H28N2O/c1-3-8-16-14-6-4-5-13(14)7-9-17-11-12(2)10-15(17)18/h12-14,16H,3-11H2,1-2H3. The Bertz CT molecular complexity index is 280. The molecule has 0 aromatic heterocycles. The zero-order valence-electron chi connectivity index (χ0n) is 12.0. The summed E-state index contributed by atoms with van der Waals surface area (Å²) in [6.07, 6.45) is 7.21. The SMILES string of the molecule is CCCNC1CCCC1CCN1CC(C)CC1=O. The number of hydrogen-bond acceptors (Lipinski definition) is 2. The summed E-state index contributed by atoms with van der Waals surface area (Å²) in [7, 11) is 0. The predicted octanol–water partition coefficient (Wildman–Crippen LogP) is 2.41. The molecule has 1 aliphatic carbocycles. The van der Waals surface area contributed by atoms with Crippen LogP contribution in [0.3, 0.4) is 0 Å². The smallest absolute Gasteiger partial charge is 0.222 e. The van der Waals surface area contributed by atoms with Crippen LogP contribution in [-0.2, 0) is 4.79 Å². The number of carbonyl (C=O) groups excluding carboxylic acids is 1. The van der Waals surface area contributed by atoms with Gasteiger partial charge < -0.3 is 10.2 Å². The molecule has 2 fully saturated rings. The van der Waals surface area contributed by atoms with Crippen LogP contribution in [0.4, 0.5) is 0 Å². The van der Waals surface area contributed by atoms with E-state index >= 15 is 0 Å². The normalized spacial score (nSPS) is 32.4. The molecular formula is C15H28N2O. The van der Waals surface area contributed by atoms with Crippen LogP contribution in [0.1, 0.15) is 52.4 Å². The highest BCUT2D eigenvalue weighted by atomic mass is 16.2. The largest absolute Gasteiger partial charge is 0.342 e. The second-order valence-corrected chi connectivity index (χ2v) is 6.19. The van der Waals surface area contributed by atoms with Crippen LogP contribution in [0.5, 0.6) is 0 Å². The number of nitrogens with zero attached hydrogens (tertiary/aromatic N) is 1. The van der Waals surface area contributed by atoms with E-state index in [1.165, 1.54) is 32.1 Å². The number of hydrogen-bond donors (Lipinski definition) is 1. The minimum Gasteiger partial charge on any atom is -0.342 e. The maximum absolute atomic E-state index is 11.8. The molecule has 3 atom stereocenters. The van der Waals surface area contributed by atoms with E-state index in [0.29, 0.717) is 17.9 Å². The third-order valence-electron chi connectivity index (χ3n) is 4.49. The molecule has 0 aromatic carbocycles. The van der Waals surface area contributed by atoms with Crippen molar-refractivity contribution in [2.45, 2.75) is 58.4 Å². The summed E-state index contributed by atoms with van der Waals surface area (Å²) >= 11 is 0. The van der Waals surface area contributed by atoms with Gasteiger partial charge in [-0.25, -0.2) is 0 Å². The Labute approximate surface area is 111 Å². The summed E-state index contributed by atoms with van der Waals surface area (Å²) in [4.78, 5) is 13.8. The van der Waals surface area contributed by atoms with Gasteiger partial charge in [0.1, 0.15) is 0 Å². The fourth-order valence-electron chi connectivity index (χ4n) is 3.49. The lowest BCUT2D eigenvalue weighted by Gasteiger charge is -2.24. The third-order valence-corrected chi connectivity index (χ3v) is 4.49.